The van der Waals surface area contributed by atoms with Gasteiger partial charge in [0.25, 0.3) is 5.91 Å². The van der Waals surface area contributed by atoms with Gasteiger partial charge in [-0.25, -0.2) is 4.68 Å². The largest absolute Gasteiger partial charge is 0.325 e. The van der Waals surface area contributed by atoms with Crippen LogP contribution in [0.5, 0.6) is 0 Å². The van der Waals surface area contributed by atoms with Crippen LogP contribution in [0.4, 0.5) is 5.69 Å². The first-order chi connectivity index (χ1) is 19.0. The number of rotatable bonds is 4. The molecule has 0 unspecified atom stereocenters. The summed E-state index contributed by atoms with van der Waals surface area (Å²) in [6, 6.07) is 19.1. The van der Waals surface area contributed by atoms with Gasteiger partial charge in [0.15, 0.2) is 5.69 Å². The number of benzene rings is 2. The number of anilines is 1. The van der Waals surface area contributed by atoms with E-state index in [-0.39, 0.29) is 11.8 Å². The quantitative estimate of drug-likeness (QED) is 0.339. The summed E-state index contributed by atoms with van der Waals surface area (Å²) in [6.07, 6.45) is 6.56. The van der Waals surface area contributed by atoms with E-state index in [9.17, 15) is 9.59 Å². The van der Waals surface area contributed by atoms with Crippen LogP contribution in [0.1, 0.15) is 27.2 Å². The summed E-state index contributed by atoms with van der Waals surface area (Å²) in [5.74, 6) is -0.367. The number of carbonyl (C=O) groups excluding carboxylic acids is 2. The minimum atomic E-state index is -0.655. The standard InChI is InChI=1S/C30H25ClN6O2/c1-34-23-8-5-9-24-26(23)20(18-36(24)21-10-13-32-14-11-21)16-25(29(34)38)35-15-12-22-27(30(35)39)33-37(28(22)31)17-19-6-3-2-4-7-19/h2-11,13-14,18,25H,12,15-17H2,1H3/t25-/m0/s1. The number of halogens is 1. The van der Waals surface area contributed by atoms with Crippen molar-refractivity contribution in [1.29, 1.82) is 0 Å². The van der Waals surface area contributed by atoms with Gasteiger partial charge < -0.3 is 14.4 Å². The SMILES string of the molecule is CN1C(=O)[C@@H](N2CCc3c(nn(Cc4ccccc4)c3Cl)C2=O)Cc2cn(-c3ccncc3)c3cccc1c23. The second-order valence-electron chi connectivity index (χ2n) is 10.0. The number of fused-ring (bicyclic) bond motifs is 1. The molecule has 2 amide bonds. The first-order valence-corrected chi connectivity index (χ1v) is 13.3. The van der Waals surface area contributed by atoms with E-state index in [0.29, 0.717) is 36.8 Å². The van der Waals surface area contributed by atoms with E-state index >= 15 is 0 Å². The zero-order chi connectivity index (χ0) is 26.7. The number of likely N-dealkylation sites (N-methyl/N-ethyl adjacent to an activating group) is 1. The molecular weight excluding hydrogens is 512 g/mol. The summed E-state index contributed by atoms with van der Waals surface area (Å²) in [7, 11) is 1.79. The Kier molecular flexibility index (Phi) is 5.52. The lowest BCUT2D eigenvalue weighted by molar-refractivity contribution is -0.122. The molecule has 0 radical (unpaired) electrons. The highest BCUT2D eigenvalue weighted by atomic mass is 35.5. The van der Waals surface area contributed by atoms with Gasteiger partial charge in [0.1, 0.15) is 11.2 Å². The fourth-order valence-electron chi connectivity index (χ4n) is 5.88. The minimum Gasteiger partial charge on any atom is -0.325 e. The van der Waals surface area contributed by atoms with Crippen molar-refractivity contribution in [1.82, 2.24) is 24.2 Å². The van der Waals surface area contributed by atoms with Gasteiger partial charge in [-0.1, -0.05) is 48.0 Å². The Balaban J connectivity index is 1.26. The molecule has 0 spiro atoms. The fourth-order valence-corrected chi connectivity index (χ4v) is 6.16. The van der Waals surface area contributed by atoms with Crippen LogP contribution in [0, 0.1) is 0 Å². The number of pyridine rings is 1. The molecule has 39 heavy (non-hydrogen) atoms. The van der Waals surface area contributed by atoms with Gasteiger partial charge in [0, 0.05) is 55.2 Å². The topological polar surface area (TPSA) is 76.3 Å². The van der Waals surface area contributed by atoms with Crippen LogP contribution in [0.3, 0.4) is 0 Å². The molecule has 0 saturated carbocycles. The zero-order valence-corrected chi connectivity index (χ0v) is 22.0. The molecule has 0 saturated heterocycles. The Morgan fingerprint density at radius 3 is 2.59 bits per heavy atom. The summed E-state index contributed by atoms with van der Waals surface area (Å²) >= 11 is 6.69. The third kappa shape index (κ3) is 3.74. The van der Waals surface area contributed by atoms with Crippen molar-refractivity contribution in [2.45, 2.75) is 25.4 Å². The predicted octanol–water partition coefficient (Wildman–Crippen LogP) is 4.51. The first kappa shape index (κ1) is 23.7. The van der Waals surface area contributed by atoms with Crippen molar-refractivity contribution in [2.75, 3.05) is 18.5 Å². The Labute approximate surface area is 230 Å². The normalized spacial score (nSPS) is 17.0. The zero-order valence-electron chi connectivity index (χ0n) is 21.3. The second kappa shape index (κ2) is 9.10. The number of aromatic nitrogens is 4. The molecule has 0 N–H and O–H groups in total. The number of hydrogen-bond acceptors (Lipinski definition) is 4. The van der Waals surface area contributed by atoms with Crippen LogP contribution in [0.2, 0.25) is 5.15 Å². The summed E-state index contributed by atoms with van der Waals surface area (Å²) < 4.78 is 3.80. The molecule has 5 aromatic rings. The minimum absolute atomic E-state index is 0.110. The highest BCUT2D eigenvalue weighted by Gasteiger charge is 2.41. The third-order valence-corrected chi connectivity index (χ3v) is 8.24. The Bertz CT molecular complexity index is 1740. The van der Waals surface area contributed by atoms with Crippen LogP contribution >= 0.6 is 11.6 Å². The molecule has 8 nitrogen and oxygen atoms in total. The van der Waals surface area contributed by atoms with Gasteiger partial charge >= 0.3 is 0 Å². The highest BCUT2D eigenvalue weighted by molar-refractivity contribution is 6.31. The number of nitrogens with zero attached hydrogens (tertiary/aromatic N) is 6. The van der Waals surface area contributed by atoms with E-state index in [4.69, 9.17) is 11.6 Å². The molecule has 5 heterocycles. The summed E-state index contributed by atoms with van der Waals surface area (Å²) in [4.78, 5) is 35.2. The van der Waals surface area contributed by atoms with Crippen molar-refractivity contribution < 1.29 is 9.59 Å². The van der Waals surface area contributed by atoms with Crippen molar-refractivity contribution in [3.8, 4) is 5.69 Å². The predicted molar refractivity (Wildman–Crippen MR) is 149 cm³/mol. The molecule has 2 aliphatic rings. The summed E-state index contributed by atoms with van der Waals surface area (Å²) in [6.45, 7) is 0.873. The van der Waals surface area contributed by atoms with Crippen LogP contribution < -0.4 is 4.90 Å². The van der Waals surface area contributed by atoms with Crippen LogP contribution in [0.25, 0.3) is 16.6 Å². The number of carbonyl (C=O) groups is 2. The summed E-state index contributed by atoms with van der Waals surface area (Å²) in [5, 5.41) is 6.12. The average Bonchev–Trinajstić information content (AvgIpc) is 3.47. The Morgan fingerprint density at radius 2 is 1.79 bits per heavy atom. The summed E-state index contributed by atoms with van der Waals surface area (Å²) in [5.41, 5.74) is 5.98. The molecule has 9 heteroatoms. The van der Waals surface area contributed by atoms with Crippen LogP contribution in [0.15, 0.2) is 79.3 Å². The van der Waals surface area contributed by atoms with Crippen LogP contribution in [-0.4, -0.2) is 55.7 Å². The van der Waals surface area contributed by atoms with Crippen LogP contribution in [-0.2, 0) is 24.2 Å². The highest BCUT2D eigenvalue weighted by Crippen LogP contribution is 2.38. The van der Waals surface area contributed by atoms with E-state index in [1.165, 1.54) is 0 Å². The van der Waals surface area contributed by atoms with Crippen molar-refractivity contribution >= 4 is 40.0 Å². The molecular formula is C30H25ClN6O2. The van der Waals surface area contributed by atoms with Gasteiger partial charge in [-0.2, -0.15) is 5.10 Å². The van der Waals surface area contributed by atoms with Crippen molar-refractivity contribution in [3.05, 3.63) is 107 Å². The smallest absolute Gasteiger partial charge is 0.275 e. The van der Waals surface area contributed by atoms with Gasteiger partial charge in [0.2, 0.25) is 5.91 Å². The molecule has 0 fully saturated rings. The lowest BCUT2D eigenvalue weighted by atomic mass is 10.0. The van der Waals surface area contributed by atoms with Gasteiger partial charge in [-0.15, -0.1) is 0 Å². The number of hydrogen-bond donors (Lipinski definition) is 0. The fraction of sp³-hybridized carbons (Fsp3) is 0.200. The molecule has 0 aliphatic carbocycles. The number of amides is 2. The van der Waals surface area contributed by atoms with E-state index < -0.39 is 6.04 Å². The molecule has 1 atom stereocenters. The Morgan fingerprint density at radius 1 is 1.00 bits per heavy atom. The van der Waals surface area contributed by atoms with E-state index in [1.54, 1.807) is 33.9 Å². The van der Waals surface area contributed by atoms with Gasteiger partial charge in [-0.3, -0.25) is 14.6 Å². The van der Waals surface area contributed by atoms with Crippen molar-refractivity contribution in [2.24, 2.45) is 0 Å². The maximum Gasteiger partial charge on any atom is 0.275 e. The molecule has 2 aromatic carbocycles. The average molecular weight is 537 g/mol. The lowest BCUT2D eigenvalue weighted by Crippen LogP contribution is -2.53. The maximum absolute atomic E-state index is 13.8. The monoisotopic (exact) mass is 536 g/mol. The molecule has 7 rings (SSSR count). The van der Waals surface area contributed by atoms with Gasteiger partial charge in [0.05, 0.1) is 17.7 Å². The molecule has 3 aromatic heterocycles. The molecule has 194 valence electrons. The molecule has 0 bridgehead atoms. The van der Waals surface area contributed by atoms with Gasteiger partial charge in [-0.05, 0) is 41.8 Å². The van der Waals surface area contributed by atoms with E-state index in [1.807, 2.05) is 54.6 Å². The molecule has 2 aliphatic heterocycles. The third-order valence-electron chi connectivity index (χ3n) is 7.82. The second-order valence-corrected chi connectivity index (χ2v) is 10.4. The van der Waals surface area contributed by atoms with E-state index in [2.05, 4.69) is 26.9 Å². The maximum atomic E-state index is 13.8. The lowest BCUT2D eigenvalue weighted by Gasteiger charge is -2.34. The first-order valence-electron chi connectivity index (χ1n) is 12.9. The van der Waals surface area contributed by atoms with Crippen molar-refractivity contribution in [3.63, 3.8) is 0 Å². The Hall–Kier alpha value is -4.43. The van der Waals surface area contributed by atoms with E-state index in [0.717, 1.165) is 39.0 Å².